The zero-order valence-electron chi connectivity index (χ0n) is 13.6. The summed E-state index contributed by atoms with van der Waals surface area (Å²) in [4.78, 5) is 30.0. The smallest absolute Gasteiger partial charge is 0.317 e. The summed E-state index contributed by atoms with van der Waals surface area (Å²) in [7, 11) is 3.96. The molecular formula is C14H28N4O4. The topological polar surface area (TPSA) is 87.6 Å². The van der Waals surface area contributed by atoms with Gasteiger partial charge in [-0.1, -0.05) is 0 Å². The molecule has 2 N–H and O–H groups in total. The fourth-order valence-electron chi connectivity index (χ4n) is 2.39. The van der Waals surface area contributed by atoms with Crippen LogP contribution in [0.2, 0.25) is 0 Å². The van der Waals surface area contributed by atoms with E-state index in [9.17, 15) is 9.59 Å². The van der Waals surface area contributed by atoms with Crippen LogP contribution in [-0.2, 0) is 9.59 Å². The summed E-state index contributed by atoms with van der Waals surface area (Å²) in [5.74, 6) is -1.60. The zero-order chi connectivity index (χ0) is 16.5. The van der Waals surface area contributed by atoms with Crippen molar-refractivity contribution in [2.24, 2.45) is 0 Å². The van der Waals surface area contributed by atoms with Crippen molar-refractivity contribution in [3.05, 3.63) is 0 Å². The molecule has 0 aliphatic carbocycles. The lowest BCUT2D eigenvalue weighted by atomic mass is 10.3. The molecule has 0 atom stereocenters. The van der Waals surface area contributed by atoms with Gasteiger partial charge in [0, 0.05) is 52.4 Å². The SMILES string of the molecule is CN1CCN(CC(=O)O)CCN(C)CCN(CC(=O)O)CC1. The molecule has 1 heterocycles. The minimum atomic E-state index is -0.801. The Balaban J connectivity index is 2.59. The molecule has 0 aromatic heterocycles. The summed E-state index contributed by atoms with van der Waals surface area (Å²) in [5, 5.41) is 17.9. The quantitative estimate of drug-likeness (QED) is 0.657. The number of aliphatic carboxylic acids is 2. The first-order chi connectivity index (χ1) is 10.4. The number of carbonyl (C=O) groups is 2. The predicted molar refractivity (Wildman–Crippen MR) is 83.1 cm³/mol. The van der Waals surface area contributed by atoms with Gasteiger partial charge in [0.05, 0.1) is 13.1 Å². The van der Waals surface area contributed by atoms with E-state index in [4.69, 9.17) is 10.2 Å². The summed E-state index contributed by atoms with van der Waals surface area (Å²) in [6, 6.07) is 0. The van der Waals surface area contributed by atoms with Crippen LogP contribution in [0.15, 0.2) is 0 Å². The average Bonchev–Trinajstić information content (AvgIpc) is 2.42. The molecule has 22 heavy (non-hydrogen) atoms. The predicted octanol–water partition coefficient (Wildman–Crippen LogP) is -1.36. The van der Waals surface area contributed by atoms with E-state index >= 15 is 0 Å². The van der Waals surface area contributed by atoms with Gasteiger partial charge in [-0.25, -0.2) is 0 Å². The van der Waals surface area contributed by atoms with Gasteiger partial charge in [0.1, 0.15) is 0 Å². The first-order valence-electron chi connectivity index (χ1n) is 7.62. The molecule has 0 radical (unpaired) electrons. The number of carboxylic acid groups (broad SMARTS) is 2. The van der Waals surface area contributed by atoms with Crippen molar-refractivity contribution < 1.29 is 19.8 Å². The third kappa shape index (κ3) is 8.28. The Bertz CT molecular complexity index is 317. The van der Waals surface area contributed by atoms with Crippen LogP contribution in [0.5, 0.6) is 0 Å². The Morgan fingerprint density at radius 1 is 0.682 bits per heavy atom. The lowest BCUT2D eigenvalue weighted by molar-refractivity contribution is -0.139. The van der Waals surface area contributed by atoms with Crippen molar-refractivity contribution >= 4 is 11.9 Å². The number of rotatable bonds is 4. The van der Waals surface area contributed by atoms with Gasteiger partial charge in [0.2, 0.25) is 0 Å². The minimum absolute atomic E-state index is 0.0623. The van der Waals surface area contributed by atoms with Crippen molar-refractivity contribution in [2.75, 3.05) is 79.5 Å². The fraction of sp³-hybridized carbons (Fsp3) is 0.857. The van der Waals surface area contributed by atoms with Crippen molar-refractivity contribution in [3.63, 3.8) is 0 Å². The molecule has 1 rings (SSSR count). The molecule has 0 saturated carbocycles. The van der Waals surface area contributed by atoms with E-state index < -0.39 is 11.9 Å². The molecule has 1 saturated heterocycles. The summed E-state index contributed by atoms with van der Waals surface area (Å²) in [6.45, 7) is 6.04. The molecule has 0 amide bonds. The largest absolute Gasteiger partial charge is 0.480 e. The summed E-state index contributed by atoms with van der Waals surface area (Å²) in [5.41, 5.74) is 0. The molecule has 0 unspecified atom stereocenters. The van der Waals surface area contributed by atoms with Gasteiger partial charge < -0.3 is 20.0 Å². The van der Waals surface area contributed by atoms with Gasteiger partial charge in [-0.3, -0.25) is 19.4 Å². The van der Waals surface area contributed by atoms with E-state index in [0.29, 0.717) is 26.2 Å². The van der Waals surface area contributed by atoms with Gasteiger partial charge >= 0.3 is 11.9 Å². The first kappa shape index (κ1) is 18.8. The van der Waals surface area contributed by atoms with Gasteiger partial charge in [-0.2, -0.15) is 0 Å². The molecule has 8 heteroatoms. The fourth-order valence-corrected chi connectivity index (χ4v) is 2.39. The second-order valence-electron chi connectivity index (χ2n) is 5.95. The number of nitrogens with zero attached hydrogens (tertiary/aromatic N) is 4. The van der Waals surface area contributed by atoms with Gasteiger partial charge in [-0.15, -0.1) is 0 Å². The van der Waals surface area contributed by atoms with Crippen LogP contribution in [0.4, 0.5) is 0 Å². The third-order valence-electron chi connectivity index (χ3n) is 3.91. The monoisotopic (exact) mass is 316 g/mol. The maximum absolute atomic E-state index is 10.9. The van der Waals surface area contributed by atoms with E-state index in [2.05, 4.69) is 9.80 Å². The Morgan fingerprint density at radius 2 is 0.955 bits per heavy atom. The molecule has 1 fully saturated rings. The van der Waals surface area contributed by atoms with E-state index in [1.165, 1.54) is 0 Å². The highest BCUT2D eigenvalue weighted by molar-refractivity contribution is 5.69. The molecule has 0 bridgehead atoms. The number of carboxylic acids is 2. The Hall–Kier alpha value is -1.22. The summed E-state index contributed by atoms with van der Waals surface area (Å²) >= 11 is 0. The summed E-state index contributed by atoms with van der Waals surface area (Å²) < 4.78 is 0. The molecule has 0 aromatic carbocycles. The van der Waals surface area contributed by atoms with Gasteiger partial charge in [0.25, 0.3) is 0 Å². The van der Waals surface area contributed by atoms with Crippen LogP contribution in [0.3, 0.4) is 0 Å². The highest BCUT2D eigenvalue weighted by atomic mass is 16.4. The lowest BCUT2D eigenvalue weighted by Crippen LogP contribution is -2.46. The van der Waals surface area contributed by atoms with Crippen molar-refractivity contribution in [1.82, 2.24) is 19.6 Å². The molecule has 128 valence electrons. The van der Waals surface area contributed by atoms with Crippen molar-refractivity contribution in [3.8, 4) is 0 Å². The molecule has 0 aromatic rings. The summed E-state index contributed by atoms with van der Waals surface area (Å²) in [6.07, 6.45) is 0. The van der Waals surface area contributed by atoms with Gasteiger partial charge in [0.15, 0.2) is 0 Å². The maximum Gasteiger partial charge on any atom is 0.317 e. The molecule has 8 nitrogen and oxygen atoms in total. The highest BCUT2D eigenvalue weighted by Crippen LogP contribution is 1.98. The Morgan fingerprint density at radius 3 is 1.18 bits per heavy atom. The maximum atomic E-state index is 10.9. The number of hydrogen-bond acceptors (Lipinski definition) is 6. The second-order valence-corrected chi connectivity index (χ2v) is 5.95. The second kappa shape index (κ2) is 9.73. The van der Waals surface area contributed by atoms with Crippen molar-refractivity contribution in [2.45, 2.75) is 0 Å². The van der Waals surface area contributed by atoms with Crippen molar-refractivity contribution in [1.29, 1.82) is 0 Å². The highest BCUT2D eigenvalue weighted by Gasteiger charge is 2.16. The van der Waals surface area contributed by atoms with E-state index in [1.54, 1.807) is 0 Å². The Labute approximate surface area is 131 Å². The van der Waals surface area contributed by atoms with Crippen LogP contribution in [0.25, 0.3) is 0 Å². The molecule has 1 aliphatic heterocycles. The molecule has 1 aliphatic rings. The van der Waals surface area contributed by atoms with Crippen LogP contribution >= 0.6 is 0 Å². The molecule has 0 spiro atoms. The van der Waals surface area contributed by atoms with Crippen LogP contribution in [-0.4, -0.2) is 121 Å². The van der Waals surface area contributed by atoms with Crippen LogP contribution in [0.1, 0.15) is 0 Å². The van der Waals surface area contributed by atoms with Crippen LogP contribution in [0, 0.1) is 0 Å². The first-order valence-corrected chi connectivity index (χ1v) is 7.62. The average molecular weight is 316 g/mol. The number of likely N-dealkylation sites (N-methyl/N-ethyl adjacent to an activating group) is 2. The standard InChI is InChI=1S/C14H28N4O4/c1-15-3-7-17(11-13(19)20)9-5-16(2)6-10-18(8-4-15)12-14(21)22/h3-12H2,1-2H3,(H,19,20)(H,21,22). The van der Waals surface area contributed by atoms with Gasteiger partial charge in [-0.05, 0) is 14.1 Å². The lowest BCUT2D eigenvalue weighted by Gasteiger charge is -2.30. The van der Waals surface area contributed by atoms with E-state index in [0.717, 1.165) is 26.2 Å². The zero-order valence-corrected chi connectivity index (χ0v) is 13.6. The minimum Gasteiger partial charge on any atom is -0.480 e. The third-order valence-corrected chi connectivity index (χ3v) is 3.91. The number of hydrogen-bond donors (Lipinski definition) is 2. The van der Waals surface area contributed by atoms with E-state index in [-0.39, 0.29) is 13.1 Å². The van der Waals surface area contributed by atoms with Crippen LogP contribution < -0.4 is 0 Å². The van der Waals surface area contributed by atoms with E-state index in [1.807, 2.05) is 23.9 Å². The normalized spacial score (nSPS) is 21.9. The molecular weight excluding hydrogens is 288 g/mol. The Kier molecular flexibility index (Phi) is 8.32.